The lowest BCUT2D eigenvalue weighted by atomic mass is 10.1. The molecule has 2 aromatic rings. The summed E-state index contributed by atoms with van der Waals surface area (Å²) in [5.74, 6) is 0.415. The summed E-state index contributed by atoms with van der Waals surface area (Å²) in [5, 5.41) is 13.0. The Hall–Kier alpha value is -2.09. The molecule has 0 saturated carbocycles. The van der Waals surface area contributed by atoms with Crippen molar-refractivity contribution in [3.05, 3.63) is 35.0 Å². The summed E-state index contributed by atoms with van der Waals surface area (Å²) in [6.45, 7) is 2.75. The van der Waals surface area contributed by atoms with Crippen LogP contribution in [0, 0.1) is 0 Å². The van der Waals surface area contributed by atoms with E-state index in [0.29, 0.717) is 12.4 Å². The molecule has 0 aliphatic rings. The van der Waals surface area contributed by atoms with Crippen LogP contribution >= 0.6 is 11.6 Å². The van der Waals surface area contributed by atoms with Crippen molar-refractivity contribution in [3.8, 4) is 0 Å². The van der Waals surface area contributed by atoms with Crippen molar-refractivity contribution in [3.63, 3.8) is 0 Å². The average molecular weight is 346 g/mol. The van der Waals surface area contributed by atoms with E-state index >= 15 is 0 Å². The van der Waals surface area contributed by atoms with Gasteiger partial charge >= 0.3 is 6.18 Å². The van der Waals surface area contributed by atoms with Gasteiger partial charge in [-0.2, -0.15) is 23.3 Å². The highest BCUT2D eigenvalue weighted by molar-refractivity contribution is 6.30. The number of hydrogen-bond acceptors (Lipinski definition) is 5. The zero-order valence-electron chi connectivity index (χ0n) is 12.3. The van der Waals surface area contributed by atoms with Crippen molar-refractivity contribution in [2.75, 3.05) is 17.2 Å². The minimum absolute atomic E-state index is 0.00287. The van der Waals surface area contributed by atoms with Gasteiger partial charge in [-0.15, -0.1) is 5.10 Å². The first-order valence-corrected chi connectivity index (χ1v) is 7.35. The third-order valence-electron chi connectivity index (χ3n) is 2.93. The maximum atomic E-state index is 13.0. The van der Waals surface area contributed by atoms with E-state index in [-0.39, 0.29) is 16.7 Å². The zero-order valence-corrected chi connectivity index (χ0v) is 13.0. The summed E-state index contributed by atoms with van der Waals surface area (Å²) in [7, 11) is 0. The summed E-state index contributed by atoms with van der Waals surface area (Å²) in [4.78, 5) is 4.09. The summed E-state index contributed by atoms with van der Waals surface area (Å²) in [6, 6.07) is 3.43. The second kappa shape index (κ2) is 7.45. The van der Waals surface area contributed by atoms with E-state index in [9.17, 15) is 13.2 Å². The summed E-state index contributed by atoms with van der Waals surface area (Å²) < 4.78 is 39.1. The fourth-order valence-electron chi connectivity index (χ4n) is 1.82. The minimum atomic E-state index is -4.54. The number of nitrogens with one attached hydrogen (secondary N) is 2. The van der Waals surface area contributed by atoms with Crippen molar-refractivity contribution in [2.45, 2.75) is 25.9 Å². The molecular formula is C14H15ClF3N5. The van der Waals surface area contributed by atoms with Gasteiger partial charge in [0.25, 0.3) is 0 Å². The molecule has 5 nitrogen and oxygen atoms in total. The Morgan fingerprint density at radius 2 is 2.04 bits per heavy atom. The van der Waals surface area contributed by atoms with Crippen LogP contribution < -0.4 is 10.6 Å². The Morgan fingerprint density at radius 3 is 2.74 bits per heavy atom. The number of rotatable bonds is 6. The van der Waals surface area contributed by atoms with Crippen LogP contribution in [0.1, 0.15) is 25.3 Å². The predicted molar refractivity (Wildman–Crippen MR) is 83.0 cm³/mol. The number of halogens is 4. The molecule has 0 unspecified atom stereocenters. The third kappa shape index (κ3) is 4.95. The van der Waals surface area contributed by atoms with Crippen LogP contribution in [0.25, 0.3) is 0 Å². The first kappa shape index (κ1) is 17.3. The van der Waals surface area contributed by atoms with Gasteiger partial charge in [0.05, 0.1) is 17.4 Å². The highest BCUT2D eigenvalue weighted by Gasteiger charge is 2.34. The molecule has 0 saturated heterocycles. The number of hydrogen-bond donors (Lipinski definition) is 2. The zero-order chi connectivity index (χ0) is 16.9. The van der Waals surface area contributed by atoms with Crippen LogP contribution in [0.3, 0.4) is 0 Å². The molecule has 0 spiro atoms. The van der Waals surface area contributed by atoms with Crippen molar-refractivity contribution in [1.82, 2.24) is 15.2 Å². The Labute approximate surface area is 136 Å². The van der Waals surface area contributed by atoms with Gasteiger partial charge in [-0.05, 0) is 24.6 Å². The Balaban J connectivity index is 2.21. The minimum Gasteiger partial charge on any atom is -0.369 e. The van der Waals surface area contributed by atoms with Crippen LogP contribution in [0.5, 0.6) is 0 Å². The van der Waals surface area contributed by atoms with Gasteiger partial charge in [0.2, 0.25) is 5.95 Å². The molecule has 1 aromatic carbocycles. The van der Waals surface area contributed by atoms with E-state index in [1.807, 2.05) is 6.92 Å². The SMILES string of the molecule is CCCCNc1cnnc(Nc2ccc(Cl)cc2C(F)(F)F)n1. The Morgan fingerprint density at radius 1 is 1.26 bits per heavy atom. The first-order valence-electron chi connectivity index (χ1n) is 6.97. The topological polar surface area (TPSA) is 62.7 Å². The van der Waals surface area contributed by atoms with Gasteiger partial charge in [-0.25, -0.2) is 0 Å². The average Bonchev–Trinajstić information content (AvgIpc) is 2.49. The molecule has 0 radical (unpaired) electrons. The molecule has 9 heteroatoms. The smallest absolute Gasteiger partial charge is 0.369 e. The van der Waals surface area contributed by atoms with Gasteiger partial charge in [0, 0.05) is 11.6 Å². The van der Waals surface area contributed by atoms with Gasteiger partial charge in [-0.1, -0.05) is 24.9 Å². The Bertz CT molecular complexity index is 663. The van der Waals surface area contributed by atoms with Crippen LogP contribution in [0.4, 0.5) is 30.6 Å². The quantitative estimate of drug-likeness (QED) is 0.755. The molecule has 0 atom stereocenters. The maximum Gasteiger partial charge on any atom is 0.418 e. The molecule has 0 amide bonds. The number of benzene rings is 1. The van der Waals surface area contributed by atoms with E-state index in [4.69, 9.17) is 11.6 Å². The first-order chi connectivity index (χ1) is 10.9. The number of alkyl halides is 3. The Kier molecular flexibility index (Phi) is 5.59. The lowest BCUT2D eigenvalue weighted by Gasteiger charge is -2.14. The van der Waals surface area contributed by atoms with Gasteiger partial charge < -0.3 is 10.6 Å². The molecular weight excluding hydrogens is 331 g/mol. The van der Waals surface area contributed by atoms with Crippen molar-refractivity contribution in [2.24, 2.45) is 0 Å². The second-order valence-electron chi connectivity index (χ2n) is 4.76. The highest BCUT2D eigenvalue weighted by atomic mass is 35.5. The van der Waals surface area contributed by atoms with E-state index < -0.39 is 11.7 Å². The summed E-state index contributed by atoms with van der Waals surface area (Å²) in [5.41, 5.74) is -1.08. The molecule has 0 aliphatic heterocycles. The monoisotopic (exact) mass is 345 g/mol. The molecule has 2 rings (SSSR count). The number of nitrogens with zero attached hydrogens (tertiary/aromatic N) is 3. The predicted octanol–water partition coefficient (Wildman–Crippen LogP) is 4.50. The summed E-state index contributed by atoms with van der Waals surface area (Å²) >= 11 is 5.64. The molecule has 0 aliphatic carbocycles. The number of aromatic nitrogens is 3. The number of unbranched alkanes of at least 4 members (excludes halogenated alkanes) is 1. The van der Waals surface area contributed by atoms with Gasteiger partial charge in [0.1, 0.15) is 0 Å². The van der Waals surface area contributed by atoms with Crippen LogP contribution in [0.2, 0.25) is 5.02 Å². The van der Waals surface area contributed by atoms with E-state index in [1.165, 1.54) is 18.3 Å². The summed E-state index contributed by atoms with van der Waals surface area (Å²) in [6.07, 6.45) is -1.18. The molecule has 1 aromatic heterocycles. The maximum absolute atomic E-state index is 13.0. The molecule has 124 valence electrons. The third-order valence-corrected chi connectivity index (χ3v) is 3.16. The lowest BCUT2D eigenvalue weighted by Crippen LogP contribution is -2.11. The van der Waals surface area contributed by atoms with Crippen molar-refractivity contribution >= 4 is 29.1 Å². The van der Waals surface area contributed by atoms with Crippen LogP contribution in [-0.2, 0) is 6.18 Å². The van der Waals surface area contributed by atoms with Gasteiger partial charge in [0.15, 0.2) is 5.82 Å². The van der Waals surface area contributed by atoms with Gasteiger partial charge in [-0.3, -0.25) is 0 Å². The van der Waals surface area contributed by atoms with E-state index in [0.717, 1.165) is 18.9 Å². The van der Waals surface area contributed by atoms with E-state index in [2.05, 4.69) is 25.8 Å². The number of anilines is 3. The van der Waals surface area contributed by atoms with E-state index in [1.54, 1.807) is 0 Å². The molecule has 1 heterocycles. The standard InChI is InChI=1S/C14H15ClF3N5/c1-2-3-6-19-12-8-20-23-13(22-12)21-11-5-4-9(15)7-10(11)14(16,17)18/h4-5,7-8H,2-3,6H2,1H3,(H2,19,21,22,23). The fraction of sp³-hybridized carbons (Fsp3) is 0.357. The fourth-order valence-corrected chi connectivity index (χ4v) is 1.99. The molecule has 0 fully saturated rings. The second-order valence-corrected chi connectivity index (χ2v) is 5.19. The highest BCUT2D eigenvalue weighted by Crippen LogP contribution is 2.37. The van der Waals surface area contributed by atoms with Crippen molar-refractivity contribution < 1.29 is 13.2 Å². The molecule has 23 heavy (non-hydrogen) atoms. The lowest BCUT2D eigenvalue weighted by molar-refractivity contribution is -0.136. The molecule has 2 N–H and O–H groups in total. The van der Waals surface area contributed by atoms with Crippen molar-refractivity contribution in [1.29, 1.82) is 0 Å². The normalized spacial score (nSPS) is 11.3. The molecule has 0 bridgehead atoms. The largest absolute Gasteiger partial charge is 0.418 e. The van der Waals surface area contributed by atoms with Crippen LogP contribution in [-0.4, -0.2) is 21.7 Å². The van der Waals surface area contributed by atoms with Crippen LogP contribution in [0.15, 0.2) is 24.4 Å².